The molecule has 4 aromatic rings. The van der Waals surface area contributed by atoms with Crippen LogP contribution in [0.15, 0.2) is 73.2 Å². The largest absolute Gasteiger partial charge is 0.356 e. The summed E-state index contributed by atoms with van der Waals surface area (Å²) in [7, 11) is 0. The molecule has 3 aliphatic heterocycles. The Kier molecular flexibility index (Phi) is 5.22. The van der Waals surface area contributed by atoms with Crippen molar-refractivity contribution in [3.05, 3.63) is 84.7 Å². The Morgan fingerprint density at radius 3 is 2.31 bits per heavy atom. The molecule has 36 heavy (non-hydrogen) atoms. The number of rotatable bonds is 4. The van der Waals surface area contributed by atoms with Gasteiger partial charge in [0.2, 0.25) is 0 Å². The molecule has 0 bridgehead atoms. The highest BCUT2D eigenvalue weighted by atomic mass is 15.0. The van der Waals surface area contributed by atoms with Gasteiger partial charge in [-0.15, -0.1) is 0 Å². The van der Waals surface area contributed by atoms with E-state index >= 15 is 0 Å². The fourth-order valence-corrected chi connectivity index (χ4v) is 5.73. The quantitative estimate of drug-likeness (QED) is 0.301. The molecule has 180 valence electrons. The average Bonchev–Trinajstić information content (AvgIpc) is 3.70. The molecular formula is C30H30N6. The van der Waals surface area contributed by atoms with E-state index in [0.29, 0.717) is 12.1 Å². The molecule has 3 aliphatic rings. The van der Waals surface area contributed by atoms with Gasteiger partial charge in [-0.2, -0.15) is 0 Å². The van der Waals surface area contributed by atoms with Crippen LogP contribution in [-0.2, 0) is 0 Å². The zero-order valence-electron chi connectivity index (χ0n) is 20.3. The van der Waals surface area contributed by atoms with Crippen LogP contribution in [0.3, 0.4) is 0 Å². The maximum absolute atomic E-state index is 4.76. The number of pyridine rings is 1. The van der Waals surface area contributed by atoms with Crippen LogP contribution in [0.1, 0.15) is 43.2 Å². The van der Waals surface area contributed by atoms with E-state index in [4.69, 9.17) is 4.98 Å². The minimum Gasteiger partial charge on any atom is -0.356 e. The van der Waals surface area contributed by atoms with Crippen molar-refractivity contribution < 1.29 is 0 Å². The molecule has 6 heteroatoms. The summed E-state index contributed by atoms with van der Waals surface area (Å²) in [5.41, 5.74) is 8.60. The van der Waals surface area contributed by atoms with Crippen molar-refractivity contribution >= 4 is 22.0 Å². The Morgan fingerprint density at radius 2 is 1.53 bits per heavy atom. The fourth-order valence-electron chi connectivity index (χ4n) is 5.73. The Hall–Kier alpha value is -3.74. The molecule has 2 aromatic carbocycles. The predicted molar refractivity (Wildman–Crippen MR) is 147 cm³/mol. The van der Waals surface area contributed by atoms with Crippen molar-refractivity contribution in [2.24, 2.45) is 0 Å². The third kappa shape index (κ3) is 3.83. The van der Waals surface area contributed by atoms with Crippen LogP contribution in [0.4, 0.5) is 5.69 Å². The molecule has 0 amide bonds. The molecule has 5 heterocycles. The van der Waals surface area contributed by atoms with Crippen molar-refractivity contribution in [3.63, 3.8) is 0 Å². The summed E-state index contributed by atoms with van der Waals surface area (Å²) in [6.45, 7) is 6.40. The first-order valence-electron chi connectivity index (χ1n) is 13.0. The minimum absolute atomic E-state index is 0.347. The molecule has 1 unspecified atom stereocenters. The second kappa shape index (κ2) is 8.73. The molecule has 0 spiro atoms. The molecule has 0 aliphatic carbocycles. The maximum Gasteiger partial charge on any atom is 0.123 e. The summed E-state index contributed by atoms with van der Waals surface area (Å²) < 4.78 is 0. The van der Waals surface area contributed by atoms with Crippen molar-refractivity contribution in [2.45, 2.75) is 37.8 Å². The highest BCUT2D eigenvalue weighted by Crippen LogP contribution is 2.35. The number of aromatic nitrogens is 3. The number of hydrogen-bond acceptors (Lipinski definition) is 5. The van der Waals surface area contributed by atoms with Gasteiger partial charge >= 0.3 is 0 Å². The molecule has 0 radical (unpaired) electrons. The van der Waals surface area contributed by atoms with Gasteiger partial charge in [0.1, 0.15) is 5.82 Å². The summed E-state index contributed by atoms with van der Waals surface area (Å²) >= 11 is 0. The zero-order valence-corrected chi connectivity index (χ0v) is 20.3. The highest BCUT2D eigenvalue weighted by Gasteiger charge is 2.24. The summed E-state index contributed by atoms with van der Waals surface area (Å²) in [5, 5.41) is 13.1. The smallest absolute Gasteiger partial charge is 0.123 e. The minimum atomic E-state index is 0.347. The number of anilines is 1. The van der Waals surface area contributed by atoms with Crippen molar-refractivity contribution in [3.8, 4) is 22.4 Å². The topological polar surface area (TPSA) is 77.7 Å². The van der Waals surface area contributed by atoms with Crippen LogP contribution >= 0.6 is 0 Å². The van der Waals surface area contributed by atoms with Gasteiger partial charge in [0.25, 0.3) is 0 Å². The van der Waals surface area contributed by atoms with Crippen LogP contribution in [0, 0.1) is 0 Å². The Bertz CT molecular complexity index is 1500. The number of benzene rings is 2. The van der Waals surface area contributed by atoms with Gasteiger partial charge < -0.3 is 20.9 Å². The number of allylic oxidation sites excluding steroid dienone is 2. The molecule has 2 fully saturated rings. The zero-order chi connectivity index (χ0) is 24.1. The van der Waals surface area contributed by atoms with E-state index in [1.165, 1.54) is 29.3 Å². The van der Waals surface area contributed by atoms with Gasteiger partial charge in [0.15, 0.2) is 0 Å². The number of nitrogens with zero attached hydrogens (tertiary/aromatic N) is 2. The van der Waals surface area contributed by atoms with E-state index in [9.17, 15) is 0 Å². The Labute approximate surface area is 211 Å². The molecule has 0 saturated carbocycles. The SMILES string of the molecule is C=C1C=C(C2CCCN2)Nc2cc(-c3ccc4cc(-c5cnc([C@@H]6CCCN6)[nH]5)ccc4c3)cnc21. The first kappa shape index (κ1) is 21.5. The second-order valence-corrected chi connectivity index (χ2v) is 10.1. The lowest BCUT2D eigenvalue weighted by Gasteiger charge is -2.24. The van der Waals surface area contributed by atoms with E-state index in [-0.39, 0.29) is 0 Å². The lowest BCUT2D eigenvalue weighted by molar-refractivity contribution is 0.613. The molecule has 2 saturated heterocycles. The third-order valence-electron chi connectivity index (χ3n) is 7.71. The van der Waals surface area contributed by atoms with Crippen molar-refractivity contribution in [2.75, 3.05) is 18.4 Å². The van der Waals surface area contributed by atoms with Crippen molar-refractivity contribution in [1.29, 1.82) is 0 Å². The van der Waals surface area contributed by atoms with E-state index in [1.807, 2.05) is 12.4 Å². The van der Waals surface area contributed by atoms with Crippen molar-refractivity contribution in [1.82, 2.24) is 25.6 Å². The summed E-state index contributed by atoms with van der Waals surface area (Å²) in [6.07, 6.45) is 10.8. The normalized spacial score (nSPS) is 21.4. The molecule has 2 aromatic heterocycles. The van der Waals surface area contributed by atoms with Crippen LogP contribution in [-0.4, -0.2) is 34.1 Å². The maximum atomic E-state index is 4.76. The number of hydrogen-bond donors (Lipinski definition) is 4. The average molecular weight is 475 g/mol. The Morgan fingerprint density at radius 1 is 0.778 bits per heavy atom. The lowest BCUT2D eigenvalue weighted by atomic mass is 9.97. The number of aromatic amines is 1. The number of H-pyrrole nitrogens is 1. The summed E-state index contributed by atoms with van der Waals surface area (Å²) in [5.74, 6) is 1.04. The predicted octanol–water partition coefficient (Wildman–Crippen LogP) is 5.79. The van der Waals surface area contributed by atoms with Gasteiger partial charge in [0.05, 0.1) is 29.3 Å². The number of imidazole rings is 1. The lowest BCUT2D eigenvalue weighted by Crippen LogP contribution is -2.29. The van der Waals surface area contributed by atoms with Crippen LogP contribution in [0.5, 0.6) is 0 Å². The van der Waals surface area contributed by atoms with Gasteiger partial charge in [0, 0.05) is 29.1 Å². The third-order valence-corrected chi connectivity index (χ3v) is 7.71. The van der Waals surface area contributed by atoms with E-state index in [1.54, 1.807) is 0 Å². The van der Waals surface area contributed by atoms with E-state index in [0.717, 1.165) is 71.1 Å². The van der Waals surface area contributed by atoms with Gasteiger partial charge in [-0.05, 0) is 85.0 Å². The summed E-state index contributed by atoms with van der Waals surface area (Å²) in [6, 6.07) is 16.2. The van der Waals surface area contributed by atoms with Crippen LogP contribution in [0.2, 0.25) is 0 Å². The molecular weight excluding hydrogens is 444 g/mol. The first-order valence-corrected chi connectivity index (χ1v) is 13.0. The van der Waals surface area contributed by atoms with Gasteiger partial charge in [-0.1, -0.05) is 30.8 Å². The summed E-state index contributed by atoms with van der Waals surface area (Å²) in [4.78, 5) is 12.9. The molecule has 4 N–H and O–H groups in total. The molecule has 2 atom stereocenters. The van der Waals surface area contributed by atoms with Gasteiger partial charge in [-0.3, -0.25) is 4.98 Å². The van der Waals surface area contributed by atoms with E-state index < -0.39 is 0 Å². The van der Waals surface area contributed by atoms with Crippen LogP contribution < -0.4 is 16.0 Å². The number of fused-ring (bicyclic) bond motifs is 2. The van der Waals surface area contributed by atoms with Crippen LogP contribution in [0.25, 0.3) is 38.7 Å². The highest BCUT2D eigenvalue weighted by molar-refractivity contribution is 5.91. The molecule has 6 nitrogen and oxygen atoms in total. The van der Waals surface area contributed by atoms with Gasteiger partial charge in [-0.25, -0.2) is 4.98 Å². The monoisotopic (exact) mass is 474 g/mol. The first-order chi connectivity index (χ1) is 17.7. The molecule has 7 rings (SSSR count). The fraction of sp³-hybridized carbons (Fsp3) is 0.267. The Balaban J connectivity index is 1.17. The standard InChI is InChI=1S/C30H30N6/c1-18-12-26(24-4-2-10-31-24)35-27-15-23(16-33-29(18)27)21-7-6-20-14-22(9-8-19(20)13-21)28-17-34-30(36-28)25-5-3-11-32-25/h6-9,12-17,24-25,31-32,35H,1-5,10-11H2,(H,34,36)/t24?,25-/m0/s1. The number of nitrogens with one attached hydrogen (secondary N) is 4. The second-order valence-electron chi connectivity index (χ2n) is 10.1. The van der Waals surface area contributed by atoms with E-state index in [2.05, 4.69) is 81.0 Å².